The lowest BCUT2D eigenvalue weighted by Crippen LogP contribution is -2.30. The number of likely N-dealkylation sites (N-methyl/N-ethyl adjacent to an activating group) is 1. The molecular formula is C24H32ClF3N6O5S. The fourth-order valence-corrected chi connectivity index (χ4v) is 5.60. The molecule has 3 rings (SSSR count). The Labute approximate surface area is 235 Å². The third-order valence-corrected chi connectivity index (χ3v) is 7.99. The van der Waals surface area contributed by atoms with Gasteiger partial charge in [0.1, 0.15) is 21.8 Å². The number of aromatic nitrogens is 2. The number of benzene rings is 1. The Hall–Kier alpha value is -3.17. The largest absolute Gasteiger partial charge is 0.490 e. The second kappa shape index (κ2) is 14.5. The number of nitrogens with one attached hydrogen (secondary N) is 2. The van der Waals surface area contributed by atoms with Gasteiger partial charge in [-0.3, -0.25) is 14.5 Å². The van der Waals surface area contributed by atoms with Gasteiger partial charge in [-0.25, -0.2) is 13.2 Å². The van der Waals surface area contributed by atoms with E-state index in [0.29, 0.717) is 31.6 Å². The summed E-state index contributed by atoms with van der Waals surface area (Å²) >= 11 is 6.06. The van der Waals surface area contributed by atoms with Gasteiger partial charge >= 0.3 is 12.1 Å². The first kappa shape index (κ1) is 33.0. The topological polar surface area (TPSA) is 146 Å². The Morgan fingerprint density at radius 3 is 2.38 bits per heavy atom. The Morgan fingerprint density at radius 2 is 1.88 bits per heavy atom. The van der Waals surface area contributed by atoms with Crippen LogP contribution in [0.3, 0.4) is 0 Å². The third-order valence-electron chi connectivity index (χ3n) is 5.75. The molecule has 1 aromatic heterocycles. The van der Waals surface area contributed by atoms with E-state index in [-0.39, 0.29) is 21.8 Å². The number of carboxylic acids is 1. The molecule has 0 radical (unpaired) electrons. The van der Waals surface area contributed by atoms with Crippen molar-refractivity contribution < 1.29 is 36.3 Å². The summed E-state index contributed by atoms with van der Waals surface area (Å²) < 4.78 is 58.1. The van der Waals surface area contributed by atoms with Gasteiger partial charge in [-0.2, -0.15) is 18.3 Å². The van der Waals surface area contributed by atoms with Crippen molar-refractivity contribution in [1.82, 2.24) is 25.3 Å². The predicted molar refractivity (Wildman–Crippen MR) is 143 cm³/mol. The van der Waals surface area contributed by atoms with Crippen LogP contribution in [0.15, 0.2) is 34.2 Å². The molecule has 0 saturated carbocycles. The molecule has 0 aliphatic carbocycles. The van der Waals surface area contributed by atoms with Gasteiger partial charge in [0.2, 0.25) is 5.91 Å². The van der Waals surface area contributed by atoms with E-state index in [0.717, 1.165) is 36.5 Å². The van der Waals surface area contributed by atoms with Gasteiger partial charge in [-0.15, -0.1) is 0 Å². The summed E-state index contributed by atoms with van der Waals surface area (Å²) in [6.07, 6.45) is -3.42. The molecule has 222 valence electrons. The molecule has 0 unspecified atom stereocenters. The summed E-state index contributed by atoms with van der Waals surface area (Å²) in [6.45, 7) is 4.35. The zero-order valence-electron chi connectivity index (χ0n) is 22.3. The lowest BCUT2D eigenvalue weighted by molar-refractivity contribution is -0.192. The van der Waals surface area contributed by atoms with E-state index in [4.69, 9.17) is 21.5 Å². The number of carbonyl (C=O) groups is 2. The second-order valence-corrected chi connectivity index (χ2v) is 11.2. The first-order chi connectivity index (χ1) is 18.6. The fourth-order valence-electron chi connectivity index (χ4n) is 3.64. The summed E-state index contributed by atoms with van der Waals surface area (Å²) in [5, 5.41) is 17.4. The van der Waals surface area contributed by atoms with Crippen LogP contribution in [-0.2, 0) is 32.9 Å². The van der Waals surface area contributed by atoms with Crippen LogP contribution in [-0.4, -0.2) is 91.2 Å². The fraction of sp³-hybridized carbons (Fsp3) is 0.500. The first-order valence-electron chi connectivity index (χ1n) is 12.2. The molecular weight excluding hydrogens is 577 g/mol. The van der Waals surface area contributed by atoms with Crippen LogP contribution in [0.1, 0.15) is 29.7 Å². The summed E-state index contributed by atoms with van der Waals surface area (Å²) in [5.41, 5.74) is 2.61. The number of aryl methyl sites for hydroxylation is 2. The van der Waals surface area contributed by atoms with Crippen molar-refractivity contribution in [3.05, 3.63) is 46.2 Å². The van der Waals surface area contributed by atoms with Crippen LogP contribution >= 0.6 is 11.6 Å². The predicted octanol–water partition coefficient (Wildman–Crippen LogP) is 2.17. The summed E-state index contributed by atoms with van der Waals surface area (Å²) in [5.74, 6) is -2.03. The number of hydrogen-bond acceptors (Lipinski definition) is 8. The normalized spacial score (nSPS) is 13.2. The van der Waals surface area contributed by atoms with E-state index in [1.165, 1.54) is 4.68 Å². The van der Waals surface area contributed by atoms with Gasteiger partial charge in [0.25, 0.3) is 0 Å². The van der Waals surface area contributed by atoms with Crippen molar-refractivity contribution in [2.24, 2.45) is 12.0 Å². The number of hydrogen-bond donors (Lipinski definition) is 3. The van der Waals surface area contributed by atoms with Crippen LogP contribution in [0.2, 0.25) is 5.15 Å². The van der Waals surface area contributed by atoms with Gasteiger partial charge in [0.05, 0.1) is 12.2 Å². The highest BCUT2D eigenvalue weighted by molar-refractivity contribution is 7.91. The molecule has 0 atom stereocenters. The number of alkyl halides is 3. The number of rotatable bonds is 11. The molecule has 0 saturated heterocycles. The molecule has 0 fully saturated rings. The van der Waals surface area contributed by atoms with Crippen LogP contribution in [0.4, 0.5) is 13.2 Å². The van der Waals surface area contributed by atoms with Crippen LogP contribution < -0.4 is 10.6 Å². The van der Waals surface area contributed by atoms with Crippen molar-refractivity contribution in [3.8, 4) is 0 Å². The van der Waals surface area contributed by atoms with Gasteiger partial charge in [0.15, 0.2) is 9.84 Å². The molecule has 0 bridgehead atoms. The molecule has 16 heteroatoms. The lowest BCUT2D eigenvalue weighted by Gasteiger charge is -2.17. The minimum absolute atomic E-state index is 0.0342. The zero-order chi connectivity index (χ0) is 30.1. The number of aliphatic carboxylic acids is 1. The van der Waals surface area contributed by atoms with E-state index < -0.39 is 22.0 Å². The minimum Gasteiger partial charge on any atom is -0.475 e. The van der Waals surface area contributed by atoms with E-state index >= 15 is 0 Å². The SMILES string of the molecule is Cc1nn(C)c(Cl)c1S(=O)(=O)CNCCCC(=O)N(C)CCc1ccc(C2=NCCN2)cc1.O=C(O)C(F)(F)F. The maximum absolute atomic E-state index is 12.5. The van der Waals surface area contributed by atoms with E-state index in [2.05, 4.69) is 32.9 Å². The lowest BCUT2D eigenvalue weighted by atomic mass is 10.1. The Balaban J connectivity index is 0.000000708. The van der Waals surface area contributed by atoms with Crippen LogP contribution in [0.5, 0.6) is 0 Å². The number of aliphatic imine (C=N–C) groups is 1. The number of nitrogens with zero attached hydrogens (tertiary/aromatic N) is 4. The highest BCUT2D eigenvalue weighted by atomic mass is 35.5. The number of sulfone groups is 1. The smallest absolute Gasteiger partial charge is 0.475 e. The molecule has 3 N–H and O–H groups in total. The molecule has 2 heterocycles. The molecule has 1 aliphatic rings. The van der Waals surface area contributed by atoms with Crippen LogP contribution in [0.25, 0.3) is 0 Å². The monoisotopic (exact) mass is 608 g/mol. The zero-order valence-corrected chi connectivity index (χ0v) is 23.8. The number of amidine groups is 1. The molecule has 1 aromatic carbocycles. The minimum atomic E-state index is -5.08. The van der Waals surface area contributed by atoms with E-state index in [9.17, 15) is 26.4 Å². The first-order valence-corrected chi connectivity index (χ1v) is 14.2. The van der Waals surface area contributed by atoms with Crippen molar-refractivity contribution in [3.63, 3.8) is 0 Å². The third kappa shape index (κ3) is 9.78. The number of halogens is 4. The maximum atomic E-state index is 12.5. The Bertz CT molecular complexity index is 1310. The number of carbonyl (C=O) groups excluding carboxylic acids is 1. The van der Waals surface area contributed by atoms with Gasteiger partial charge in [-0.05, 0) is 31.9 Å². The van der Waals surface area contributed by atoms with Crippen molar-refractivity contribution >= 4 is 39.2 Å². The highest BCUT2D eigenvalue weighted by Gasteiger charge is 2.38. The van der Waals surface area contributed by atoms with Gasteiger partial charge in [-0.1, -0.05) is 35.9 Å². The van der Waals surface area contributed by atoms with Gasteiger partial charge in [0, 0.05) is 39.2 Å². The van der Waals surface area contributed by atoms with Crippen LogP contribution in [0, 0.1) is 6.92 Å². The van der Waals surface area contributed by atoms with Crippen molar-refractivity contribution in [2.75, 3.05) is 39.1 Å². The standard InChI is InChI=1S/C22H31ClN6O3S.C2HF3O2/c1-16-20(21(23)29(3)27-16)33(31,32)15-24-11-4-5-19(30)28(2)14-10-17-6-8-18(9-7-17)22-25-12-13-26-22;3-2(4,5)1(6)7/h6-9,24H,4-5,10-15H2,1-3H3,(H,25,26);(H,6,7). The quantitative estimate of drug-likeness (QED) is 0.329. The second-order valence-electron chi connectivity index (χ2n) is 8.91. The molecule has 40 heavy (non-hydrogen) atoms. The molecule has 1 amide bonds. The molecule has 11 nitrogen and oxygen atoms in total. The average Bonchev–Trinajstić information content (AvgIpc) is 3.50. The molecule has 1 aliphatic heterocycles. The van der Waals surface area contributed by atoms with Crippen molar-refractivity contribution in [1.29, 1.82) is 0 Å². The van der Waals surface area contributed by atoms with E-state index in [1.54, 1.807) is 25.9 Å². The van der Waals surface area contributed by atoms with Gasteiger partial charge < -0.3 is 20.6 Å². The Morgan fingerprint density at radius 1 is 1.25 bits per heavy atom. The Kier molecular flexibility index (Phi) is 11.9. The number of amides is 1. The molecule has 2 aromatic rings. The highest BCUT2D eigenvalue weighted by Crippen LogP contribution is 2.24. The maximum Gasteiger partial charge on any atom is 0.490 e. The average molecular weight is 609 g/mol. The number of carboxylic acid groups (broad SMARTS) is 1. The summed E-state index contributed by atoms with van der Waals surface area (Å²) in [7, 11) is -0.209. The summed E-state index contributed by atoms with van der Waals surface area (Å²) in [6, 6.07) is 8.23. The molecule has 0 spiro atoms. The van der Waals surface area contributed by atoms with Crippen molar-refractivity contribution in [2.45, 2.75) is 37.3 Å². The summed E-state index contributed by atoms with van der Waals surface area (Å²) in [4.78, 5) is 27.5. The van der Waals surface area contributed by atoms with E-state index in [1.807, 2.05) is 12.1 Å².